The predicted molar refractivity (Wildman–Crippen MR) is 122 cm³/mol. The SMILES string of the molecule is CN1CCC(N(C)C(=O)c2ccc(Cl)c(Nc3cncc(-c4ccc(O)cc4)n3)c2)C1. The Morgan fingerprint density at radius 2 is 2.00 bits per heavy atom. The van der Waals surface area contributed by atoms with Gasteiger partial charge >= 0.3 is 0 Å². The fraction of sp³-hybridized carbons (Fsp3) is 0.261. The molecule has 1 aliphatic rings. The van der Waals surface area contributed by atoms with Gasteiger partial charge in [0.25, 0.3) is 5.91 Å². The van der Waals surface area contributed by atoms with E-state index in [9.17, 15) is 9.90 Å². The molecule has 0 saturated carbocycles. The van der Waals surface area contributed by atoms with E-state index < -0.39 is 0 Å². The molecule has 2 N–H and O–H groups in total. The minimum Gasteiger partial charge on any atom is -0.508 e. The van der Waals surface area contributed by atoms with E-state index >= 15 is 0 Å². The van der Waals surface area contributed by atoms with Crippen molar-refractivity contribution in [3.63, 3.8) is 0 Å². The van der Waals surface area contributed by atoms with Gasteiger partial charge in [0.15, 0.2) is 0 Å². The molecule has 1 aromatic heterocycles. The van der Waals surface area contributed by atoms with Gasteiger partial charge in [0.2, 0.25) is 0 Å². The van der Waals surface area contributed by atoms with Crippen molar-refractivity contribution in [3.8, 4) is 17.0 Å². The van der Waals surface area contributed by atoms with Crippen LogP contribution in [-0.4, -0.2) is 64.0 Å². The van der Waals surface area contributed by atoms with E-state index in [2.05, 4.69) is 27.2 Å². The number of aromatic hydroxyl groups is 1. The number of hydrogen-bond donors (Lipinski definition) is 2. The second-order valence-corrected chi connectivity index (χ2v) is 8.18. The van der Waals surface area contributed by atoms with Gasteiger partial charge in [-0.25, -0.2) is 4.98 Å². The van der Waals surface area contributed by atoms with E-state index in [1.807, 2.05) is 11.9 Å². The Balaban J connectivity index is 1.55. The summed E-state index contributed by atoms with van der Waals surface area (Å²) in [5, 5.41) is 13.1. The third-order valence-corrected chi connectivity index (χ3v) is 5.84. The normalized spacial score (nSPS) is 16.3. The monoisotopic (exact) mass is 437 g/mol. The summed E-state index contributed by atoms with van der Waals surface area (Å²) in [7, 11) is 3.91. The Kier molecular flexibility index (Phi) is 6.06. The first-order chi connectivity index (χ1) is 14.9. The third kappa shape index (κ3) is 4.78. The molecule has 2 aromatic carbocycles. The Labute approximate surface area is 186 Å². The molecule has 1 saturated heterocycles. The predicted octanol–water partition coefficient (Wildman–Crippen LogP) is 4.02. The summed E-state index contributed by atoms with van der Waals surface area (Å²) in [6.07, 6.45) is 4.21. The average Bonchev–Trinajstić information content (AvgIpc) is 3.21. The fourth-order valence-corrected chi connectivity index (χ4v) is 3.85. The zero-order valence-corrected chi connectivity index (χ0v) is 18.2. The number of carbonyl (C=O) groups is 1. The molecule has 1 fully saturated rings. The molecule has 4 rings (SSSR count). The highest BCUT2D eigenvalue weighted by atomic mass is 35.5. The van der Waals surface area contributed by atoms with Crippen molar-refractivity contribution < 1.29 is 9.90 Å². The molecule has 160 valence electrons. The molecule has 1 aliphatic heterocycles. The van der Waals surface area contributed by atoms with Crippen LogP contribution in [0.2, 0.25) is 5.02 Å². The van der Waals surface area contributed by atoms with E-state index in [0.717, 1.165) is 25.1 Å². The summed E-state index contributed by atoms with van der Waals surface area (Å²) in [4.78, 5) is 25.9. The van der Waals surface area contributed by atoms with Gasteiger partial charge in [-0.05, 0) is 62.5 Å². The maximum Gasteiger partial charge on any atom is 0.253 e. The van der Waals surface area contributed by atoms with Crippen molar-refractivity contribution >= 4 is 29.0 Å². The second-order valence-electron chi connectivity index (χ2n) is 7.78. The molecule has 1 unspecified atom stereocenters. The van der Waals surface area contributed by atoms with Crippen LogP contribution < -0.4 is 5.32 Å². The van der Waals surface area contributed by atoms with Crippen LogP contribution in [0.25, 0.3) is 11.3 Å². The number of rotatable bonds is 5. The van der Waals surface area contributed by atoms with Gasteiger partial charge in [-0.15, -0.1) is 0 Å². The topological polar surface area (TPSA) is 81.6 Å². The van der Waals surface area contributed by atoms with E-state index in [1.165, 1.54) is 0 Å². The van der Waals surface area contributed by atoms with Crippen molar-refractivity contribution in [2.75, 3.05) is 32.5 Å². The minimum absolute atomic E-state index is 0.0380. The van der Waals surface area contributed by atoms with Crippen LogP contribution in [0, 0.1) is 0 Å². The zero-order chi connectivity index (χ0) is 22.0. The molecule has 0 spiro atoms. The van der Waals surface area contributed by atoms with Crippen LogP contribution in [0.3, 0.4) is 0 Å². The molecule has 31 heavy (non-hydrogen) atoms. The Hall–Kier alpha value is -3.16. The van der Waals surface area contributed by atoms with Crippen molar-refractivity contribution in [2.24, 2.45) is 0 Å². The van der Waals surface area contributed by atoms with Crippen molar-refractivity contribution in [1.82, 2.24) is 19.8 Å². The Bertz CT molecular complexity index is 1090. The number of phenols is 1. The van der Waals surface area contributed by atoms with Crippen molar-refractivity contribution in [2.45, 2.75) is 12.5 Å². The second kappa shape index (κ2) is 8.91. The molecule has 1 amide bonds. The number of likely N-dealkylation sites (tertiary alicyclic amines) is 1. The van der Waals surface area contributed by atoms with Crippen molar-refractivity contribution in [3.05, 3.63) is 65.4 Å². The molecule has 1 atom stereocenters. The van der Waals surface area contributed by atoms with Gasteiger partial charge in [0.05, 0.1) is 28.8 Å². The van der Waals surface area contributed by atoms with E-state index in [1.54, 1.807) is 54.9 Å². The molecule has 0 bridgehead atoms. The lowest BCUT2D eigenvalue weighted by atomic mass is 10.1. The number of aromatic nitrogens is 2. The largest absolute Gasteiger partial charge is 0.508 e. The minimum atomic E-state index is -0.0380. The lowest BCUT2D eigenvalue weighted by molar-refractivity contribution is 0.0737. The molecule has 3 aromatic rings. The van der Waals surface area contributed by atoms with Crippen molar-refractivity contribution in [1.29, 1.82) is 0 Å². The number of nitrogens with zero attached hydrogens (tertiary/aromatic N) is 4. The smallest absolute Gasteiger partial charge is 0.253 e. The number of amides is 1. The molecular weight excluding hydrogens is 414 g/mol. The number of halogens is 1. The number of anilines is 2. The van der Waals surface area contributed by atoms with Crippen LogP contribution in [-0.2, 0) is 0 Å². The maximum atomic E-state index is 13.0. The Morgan fingerprint density at radius 3 is 2.71 bits per heavy atom. The van der Waals surface area contributed by atoms with Gasteiger partial charge in [-0.1, -0.05) is 11.6 Å². The number of nitrogens with one attached hydrogen (secondary N) is 1. The summed E-state index contributed by atoms with van der Waals surface area (Å²) in [6.45, 7) is 1.87. The highest BCUT2D eigenvalue weighted by molar-refractivity contribution is 6.33. The highest BCUT2D eigenvalue weighted by Crippen LogP contribution is 2.28. The van der Waals surface area contributed by atoms with Gasteiger partial charge in [0, 0.05) is 30.8 Å². The van der Waals surface area contributed by atoms with Crippen LogP contribution >= 0.6 is 11.6 Å². The van der Waals surface area contributed by atoms with Crippen LogP contribution in [0.4, 0.5) is 11.5 Å². The molecule has 7 nitrogen and oxygen atoms in total. The molecule has 2 heterocycles. The fourth-order valence-electron chi connectivity index (χ4n) is 3.69. The average molecular weight is 438 g/mol. The number of hydrogen-bond acceptors (Lipinski definition) is 6. The number of likely N-dealkylation sites (N-methyl/N-ethyl adjacent to an activating group) is 2. The quantitative estimate of drug-likeness (QED) is 0.627. The van der Waals surface area contributed by atoms with Gasteiger partial charge in [0.1, 0.15) is 11.6 Å². The first kappa shape index (κ1) is 21.1. The lowest BCUT2D eigenvalue weighted by Gasteiger charge is -2.25. The number of carbonyl (C=O) groups excluding carboxylic acids is 1. The molecule has 0 aliphatic carbocycles. The molecule has 8 heteroatoms. The first-order valence-corrected chi connectivity index (χ1v) is 10.4. The summed E-state index contributed by atoms with van der Waals surface area (Å²) in [6, 6.07) is 12.1. The van der Waals surface area contributed by atoms with Gasteiger partial charge < -0.3 is 20.2 Å². The zero-order valence-electron chi connectivity index (χ0n) is 17.4. The van der Waals surface area contributed by atoms with Crippen LogP contribution in [0.15, 0.2) is 54.9 Å². The van der Waals surface area contributed by atoms with Crippen LogP contribution in [0.5, 0.6) is 5.75 Å². The Morgan fingerprint density at radius 1 is 1.23 bits per heavy atom. The summed E-state index contributed by atoms with van der Waals surface area (Å²) in [5.74, 6) is 0.653. The number of benzene rings is 2. The lowest BCUT2D eigenvalue weighted by Crippen LogP contribution is -2.38. The van der Waals surface area contributed by atoms with E-state index in [4.69, 9.17) is 11.6 Å². The summed E-state index contributed by atoms with van der Waals surface area (Å²) < 4.78 is 0. The summed E-state index contributed by atoms with van der Waals surface area (Å²) in [5.41, 5.74) is 2.62. The van der Waals surface area contributed by atoms with Gasteiger partial charge in [-0.3, -0.25) is 9.78 Å². The van der Waals surface area contributed by atoms with Crippen LogP contribution in [0.1, 0.15) is 16.8 Å². The van der Waals surface area contributed by atoms with E-state index in [0.29, 0.717) is 27.8 Å². The standard InChI is InChI=1S/C23H24ClN5O2/c1-28-10-9-17(14-28)29(2)23(31)16-5-8-19(24)20(11-16)26-22-13-25-12-21(27-22)15-3-6-18(30)7-4-15/h3-8,11-13,17,30H,9-10,14H2,1-2H3,(H,26,27). The van der Waals surface area contributed by atoms with Gasteiger partial charge in [-0.2, -0.15) is 0 Å². The number of phenolic OH excluding ortho intramolecular Hbond substituents is 1. The maximum absolute atomic E-state index is 13.0. The third-order valence-electron chi connectivity index (χ3n) is 5.51. The first-order valence-electron chi connectivity index (χ1n) is 10.0. The molecule has 0 radical (unpaired) electrons. The highest BCUT2D eigenvalue weighted by Gasteiger charge is 2.27. The summed E-state index contributed by atoms with van der Waals surface area (Å²) >= 11 is 6.38. The molecular formula is C23H24ClN5O2. The van der Waals surface area contributed by atoms with E-state index in [-0.39, 0.29) is 17.7 Å².